The Labute approximate surface area is 145 Å². The molecule has 24 heavy (non-hydrogen) atoms. The smallest absolute Gasteiger partial charge is 0.207 e. The predicted octanol–water partition coefficient (Wildman–Crippen LogP) is 3.01. The average molecular weight is 376 g/mol. The van der Waals surface area contributed by atoms with Gasteiger partial charge in [-0.15, -0.1) is 0 Å². The number of halogens is 3. The van der Waals surface area contributed by atoms with Crippen molar-refractivity contribution < 1.29 is 29.2 Å². The molecular formula is C15H12Cl2FNO5. The SMILES string of the molecule is NC[C@H]1COc2c(O)c(F)cc(-c3c(Cl)cc(O)c(O)c3Cl)c2O1. The Balaban J connectivity index is 2.31. The fourth-order valence-electron chi connectivity index (χ4n) is 2.37. The van der Waals surface area contributed by atoms with E-state index in [0.717, 1.165) is 12.1 Å². The number of benzene rings is 2. The van der Waals surface area contributed by atoms with Gasteiger partial charge in [-0.3, -0.25) is 0 Å². The minimum atomic E-state index is -0.988. The van der Waals surface area contributed by atoms with Crippen molar-refractivity contribution in [2.45, 2.75) is 6.10 Å². The molecule has 0 radical (unpaired) electrons. The van der Waals surface area contributed by atoms with Crippen molar-refractivity contribution in [2.24, 2.45) is 5.73 Å². The summed E-state index contributed by atoms with van der Waals surface area (Å²) in [6, 6.07) is 2.00. The van der Waals surface area contributed by atoms with E-state index >= 15 is 0 Å². The Kier molecular flexibility index (Phi) is 4.25. The van der Waals surface area contributed by atoms with Gasteiger partial charge in [0.1, 0.15) is 12.7 Å². The van der Waals surface area contributed by atoms with Crippen LogP contribution in [0, 0.1) is 5.82 Å². The molecule has 0 fully saturated rings. The summed E-state index contributed by atoms with van der Waals surface area (Å²) in [5, 5.41) is 28.9. The van der Waals surface area contributed by atoms with Crippen molar-refractivity contribution in [2.75, 3.05) is 13.2 Å². The first kappa shape index (κ1) is 16.8. The first-order valence-electron chi connectivity index (χ1n) is 6.80. The van der Waals surface area contributed by atoms with Crippen molar-refractivity contribution in [3.05, 3.63) is 28.0 Å². The molecule has 0 spiro atoms. The molecule has 0 bridgehead atoms. The molecule has 128 valence electrons. The van der Waals surface area contributed by atoms with Crippen LogP contribution in [-0.2, 0) is 0 Å². The van der Waals surface area contributed by atoms with Crippen LogP contribution >= 0.6 is 23.2 Å². The van der Waals surface area contributed by atoms with E-state index in [4.69, 9.17) is 38.4 Å². The van der Waals surface area contributed by atoms with Gasteiger partial charge in [0, 0.05) is 23.7 Å². The van der Waals surface area contributed by atoms with Gasteiger partial charge >= 0.3 is 0 Å². The molecule has 9 heteroatoms. The molecule has 3 rings (SSSR count). The van der Waals surface area contributed by atoms with Crippen LogP contribution in [0.2, 0.25) is 10.0 Å². The van der Waals surface area contributed by atoms with Gasteiger partial charge in [0.25, 0.3) is 0 Å². The number of nitrogens with two attached hydrogens (primary N) is 1. The number of fused-ring (bicyclic) bond motifs is 1. The lowest BCUT2D eigenvalue weighted by molar-refractivity contribution is 0.0935. The topological polar surface area (TPSA) is 105 Å². The van der Waals surface area contributed by atoms with Crippen LogP contribution in [0.5, 0.6) is 28.7 Å². The van der Waals surface area contributed by atoms with Gasteiger partial charge in [0.05, 0.1) is 10.0 Å². The Morgan fingerprint density at radius 1 is 1.17 bits per heavy atom. The maximum atomic E-state index is 14.1. The van der Waals surface area contributed by atoms with Gasteiger partial charge in [-0.1, -0.05) is 23.2 Å². The molecule has 0 unspecified atom stereocenters. The van der Waals surface area contributed by atoms with E-state index < -0.39 is 29.2 Å². The molecule has 0 aromatic heterocycles. The molecule has 0 saturated heterocycles. The fourth-order valence-corrected chi connectivity index (χ4v) is 3.02. The van der Waals surface area contributed by atoms with Crippen molar-refractivity contribution in [1.29, 1.82) is 0 Å². The standard InChI is InChI=1S/C15H12Cl2FNO5/c16-7-2-9(20)13(22)11(17)10(7)6-1-8(18)12(21)15-14(6)24-5(3-19)4-23-15/h1-2,5,20-22H,3-4,19H2/t5-/m0/s1. The van der Waals surface area contributed by atoms with E-state index in [1.165, 1.54) is 0 Å². The van der Waals surface area contributed by atoms with Gasteiger partial charge in [-0.25, -0.2) is 4.39 Å². The van der Waals surface area contributed by atoms with Crippen LogP contribution in [0.15, 0.2) is 12.1 Å². The molecule has 0 amide bonds. The van der Waals surface area contributed by atoms with E-state index in [1.807, 2.05) is 0 Å². The number of aromatic hydroxyl groups is 3. The monoisotopic (exact) mass is 375 g/mol. The van der Waals surface area contributed by atoms with Gasteiger partial charge in [0.15, 0.2) is 28.8 Å². The van der Waals surface area contributed by atoms with Crippen molar-refractivity contribution >= 4 is 23.2 Å². The van der Waals surface area contributed by atoms with Crippen LogP contribution < -0.4 is 15.2 Å². The number of hydrogen-bond donors (Lipinski definition) is 4. The third-order valence-corrected chi connectivity index (χ3v) is 4.23. The molecule has 0 saturated carbocycles. The highest BCUT2D eigenvalue weighted by atomic mass is 35.5. The van der Waals surface area contributed by atoms with Gasteiger partial charge in [0.2, 0.25) is 5.75 Å². The van der Waals surface area contributed by atoms with Crippen molar-refractivity contribution in [1.82, 2.24) is 0 Å². The molecule has 1 aliphatic rings. The Hall–Kier alpha value is -2.09. The van der Waals surface area contributed by atoms with Crippen LogP contribution in [0.4, 0.5) is 4.39 Å². The van der Waals surface area contributed by atoms with E-state index in [-0.39, 0.29) is 45.8 Å². The van der Waals surface area contributed by atoms with Gasteiger partial charge < -0.3 is 30.5 Å². The Morgan fingerprint density at radius 3 is 2.54 bits per heavy atom. The summed E-state index contributed by atoms with van der Waals surface area (Å²) in [5.74, 6) is -3.08. The fraction of sp³-hybridized carbons (Fsp3) is 0.200. The minimum Gasteiger partial charge on any atom is -0.504 e. The molecule has 1 atom stereocenters. The molecule has 6 nitrogen and oxygen atoms in total. The van der Waals surface area contributed by atoms with E-state index in [0.29, 0.717) is 0 Å². The molecule has 2 aromatic carbocycles. The lowest BCUT2D eigenvalue weighted by Gasteiger charge is -2.28. The van der Waals surface area contributed by atoms with Gasteiger partial charge in [-0.2, -0.15) is 0 Å². The molecule has 1 aliphatic heterocycles. The lowest BCUT2D eigenvalue weighted by atomic mass is 10.0. The number of ether oxygens (including phenoxy) is 2. The van der Waals surface area contributed by atoms with E-state index in [2.05, 4.69) is 0 Å². The summed E-state index contributed by atoms with van der Waals surface area (Å²) in [7, 11) is 0. The van der Waals surface area contributed by atoms with Crippen molar-refractivity contribution in [3.8, 4) is 39.9 Å². The normalized spacial score (nSPS) is 16.2. The van der Waals surface area contributed by atoms with Crippen LogP contribution in [-0.4, -0.2) is 34.6 Å². The zero-order chi connectivity index (χ0) is 17.6. The number of phenols is 3. The summed E-state index contributed by atoms with van der Waals surface area (Å²) >= 11 is 12.1. The summed E-state index contributed by atoms with van der Waals surface area (Å²) in [5.41, 5.74) is 5.62. The highest BCUT2D eigenvalue weighted by Crippen LogP contribution is 2.53. The van der Waals surface area contributed by atoms with Crippen LogP contribution in [0.3, 0.4) is 0 Å². The van der Waals surface area contributed by atoms with Crippen LogP contribution in [0.25, 0.3) is 11.1 Å². The minimum absolute atomic E-state index is 0.00973. The second kappa shape index (κ2) is 6.08. The summed E-state index contributed by atoms with van der Waals surface area (Å²) < 4.78 is 25.1. The van der Waals surface area contributed by atoms with E-state index in [9.17, 15) is 19.7 Å². The highest BCUT2D eigenvalue weighted by molar-refractivity contribution is 6.40. The number of rotatable bonds is 2. The third-order valence-electron chi connectivity index (χ3n) is 3.57. The third kappa shape index (κ3) is 2.54. The second-order valence-corrected chi connectivity index (χ2v) is 5.90. The highest BCUT2D eigenvalue weighted by Gasteiger charge is 2.31. The number of phenolic OH excluding ortho intramolecular Hbond substituents is 3. The summed E-state index contributed by atoms with van der Waals surface area (Å²) in [4.78, 5) is 0. The number of hydrogen-bond acceptors (Lipinski definition) is 6. The Bertz CT molecular complexity index is 830. The Morgan fingerprint density at radius 2 is 1.88 bits per heavy atom. The predicted molar refractivity (Wildman–Crippen MR) is 85.8 cm³/mol. The maximum absolute atomic E-state index is 14.1. The lowest BCUT2D eigenvalue weighted by Crippen LogP contribution is -2.36. The molecule has 5 N–H and O–H groups in total. The maximum Gasteiger partial charge on any atom is 0.207 e. The molecule has 1 heterocycles. The first-order valence-corrected chi connectivity index (χ1v) is 7.56. The van der Waals surface area contributed by atoms with Crippen molar-refractivity contribution in [3.63, 3.8) is 0 Å². The molecule has 2 aromatic rings. The summed E-state index contributed by atoms with van der Waals surface area (Å²) in [6.07, 6.45) is -0.524. The largest absolute Gasteiger partial charge is 0.504 e. The zero-order valence-corrected chi connectivity index (χ0v) is 13.5. The van der Waals surface area contributed by atoms with E-state index in [1.54, 1.807) is 0 Å². The quantitative estimate of drug-likeness (QED) is 0.601. The second-order valence-electron chi connectivity index (χ2n) is 5.11. The van der Waals surface area contributed by atoms with Crippen LogP contribution in [0.1, 0.15) is 0 Å². The zero-order valence-electron chi connectivity index (χ0n) is 12.0. The molecular weight excluding hydrogens is 364 g/mol. The average Bonchev–Trinajstić information content (AvgIpc) is 2.56. The summed E-state index contributed by atoms with van der Waals surface area (Å²) in [6.45, 7) is 0.154. The first-order chi connectivity index (χ1) is 11.3. The van der Waals surface area contributed by atoms with Gasteiger partial charge in [-0.05, 0) is 6.07 Å². The molecule has 0 aliphatic carbocycles.